The molecule has 1 fully saturated rings. The van der Waals surface area contributed by atoms with E-state index in [1.54, 1.807) is 24.3 Å². The van der Waals surface area contributed by atoms with Crippen LogP contribution in [0.2, 0.25) is 0 Å². The van der Waals surface area contributed by atoms with E-state index in [2.05, 4.69) is 5.16 Å². The van der Waals surface area contributed by atoms with Gasteiger partial charge in [-0.15, -0.1) is 0 Å². The van der Waals surface area contributed by atoms with Gasteiger partial charge in [-0.05, 0) is 12.1 Å². The maximum atomic E-state index is 12.5. The molecule has 1 aliphatic heterocycles. The lowest BCUT2D eigenvalue weighted by Gasteiger charge is -2.25. The number of rotatable bonds is 8. The van der Waals surface area contributed by atoms with Crippen molar-refractivity contribution in [1.82, 2.24) is 0 Å². The summed E-state index contributed by atoms with van der Waals surface area (Å²) in [5.74, 6) is -0.661. The van der Waals surface area contributed by atoms with Crippen LogP contribution in [0.3, 0.4) is 0 Å². The van der Waals surface area contributed by atoms with Crippen LogP contribution >= 0.6 is 0 Å². The van der Waals surface area contributed by atoms with Gasteiger partial charge in [0, 0.05) is 14.2 Å². The van der Waals surface area contributed by atoms with Gasteiger partial charge in [0.15, 0.2) is 0 Å². The molecule has 0 bridgehead atoms. The average molecular weight is 351 g/mol. The third-order valence-corrected chi connectivity index (χ3v) is 4.11. The molecule has 0 aromatic heterocycles. The molecule has 0 spiro atoms. The number of esters is 1. The lowest BCUT2D eigenvalue weighted by molar-refractivity contribution is -0.162. The molecule has 25 heavy (non-hydrogen) atoms. The van der Waals surface area contributed by atoms with Crippen molar-refractivity contribution in [2.45, 2.75) is 18.3 Å². The Hall–Kier alpha value is -2.00. The zero-order chi connectivity index (χ0) is 17.6. The van der Waals surface area contributed by atoms with Crippen molar-refractivity contribution in [2.75, 3.05) is 34.4 Å². The minimum absolute atomic E-state index is 0.0394. The molecule has 0 amide bonds. The highest BCUT2D eigenvalue weighted by atomic mass is 16.7. The highest BCUT2D eigenvalue weighted by Gasteiger charge is 2.55. The molecule has 1 saturated carbocycles. The number of nitrogens with zero attached hydrogens (tertiary/aromatic N) is 1. The molecule has 1 aromatic rings. The monoisotopic (exact) mass is 351 g/mol. The highest BCUT2D eigenvalue weighted by molar-refractivity contribution is 5.96. The van der Waals surface area contributed by atoms with Crippen molar-refractivity contribution in [1.29, 1.82) is 0 Å². The average Bonchev–Trinajstić information content (AvgIpc) is 3.21. The molecule has 1 aromatic carbocycles. The first-order valence-corrected chi connectivity index (χ1v) is 7.93. The van der Waals surface area contributed by atoms with Gasteiger partial charge in [-0.25, -0.2) is 4.79 Å². The van der Waals surface area contributed by atoms with Crippen LogP contribution in [0, 0.1) is 5.92 Å². The van der Waals surface area contributed by atoms with E-state index in [-0.39, 0.29) is 19.5 Å². The first kappa shape index (κ1) is 17.8. The van der Waals surface area contributed by atoms with Crippen molar-refractivity contribution in [3.05, 3.63) is 35.9 Å². The second-order valence-corrected chi connectivity index (χ2v) is 5.69. The van der Waals surface area contributed by atoms with Gasteiger partial charge in [-0.2, -0.15) is 0 Å². The lowest BCUT2D eigenvalue weighted by atomic mass is 10.1. The predicted octanol–water partition coefficient (Wildman–Crippen LogP) is 1.21. The summed E-state index contributed by atoms with van der Waals surface area (Å²) >= 11 is 0. The largest absolute Gasteiger partial charge is 0.455 e. The van der Waals surface area contributed by atoms with Crippen molar-refractivity contribution in [3.63, 3.8) is 0 Å². The lowest BCUT2D eigenvalue weighted by Crippen LogP contribution is -2.40. The van der Waals surface area contributed by atoms with Gasteiger partial charge in [0.05, 0.1) is 17.2 Å². The first-order valence-electron chi connectivity index (χ1n) is 7.93. The van der Waals surface area contributed by atoms with Crippen LogP contribution in [0.25, 0.3) is 0 Å². The molecule has 3 rings (SSSR count). The number of hydrogen-bond acceptors (Lipinski definition) is 8. The summed E-state index contributed by atoms with van der Waals surface area (Å²) in [6, 6.07) is 8.78. The first-order chi connectivity index (χ1) is 12.3. The van der Waals surface area contributed by atoms with Crippen molar-refractivity contribution in [2.24, 2.45) is 11.1 Å². The number of carbonyl (C=O) groups is 1. The van der Waals surface area contributed by atoms with Gasteiger partial charge in [0.25, 0.3) is 0 Å². The van der Waals surface area contributed by atoms with Gasteiger partial charge in [-0.1, -0.05) is 23.4 Å². The smallest absolute Gasteiger partial charge is 0.338 e. The fraction of sp³-hybridized carbons (Fsp3) is 0.529. The number of oxime groups is 1. The standard InChI is InChI=1S/C17H21NO7/c1-20-9-22-15-13-12(8-24-18-13)14(16(15)23-10-21-2)25-17(19)11-6-4-3-5-7-11/h3-7,12,14-16H,8-10H2,1-2H3/t12-,14+,15-,16-/m0/s1. The number of methoxy groups -OCH3 is 2. The van der Waals surface area contributed by atoms with Crippen molar-refractivity contribution in [3.8, 4) is 0 Å². The van der Waals surface area contributed by atoms with E-state index in [0.717, 1.165) is 0 Å². The second kappa shape index (κ2) is 8.39. The van der Waals surface area contributed by atoms with E-state index in [9.17, 15) is 4.79 Å². The predicted molar refractivity (Wildman–Crippen MR) is 86.0 cm³/mol. The van der Waals surface area contributed by atoms with Crippen molar-refractivity contribution < 1.29 is 33.3 Å². The summed E-state index contributed by atoms with van der Waals surface area (Å²) in [5.41, 5.74) is 1.12. The van der Waals surface area contributed by atoms with Crippen LogP contribution < -0.4 is 0 Å². The van der Waals surface area contributed by atoms with E-state index in [1.807, 2.05) is 6.07 Å². The number of benzene rings is 1. The number of fused-ring (bicyclic) bond motifs is 1. The van der Waals surface area contributed by atoms with E-state index < -0.39 is 24.3 Å². The second-order valence-electron chi connectivity index (χ2n) is 5.69. The zero-order valence-corrected chi connectivity index (χ0v) is 14.1. The number of hydrogen-bond donors (Lipinski definition) is 0. The highest BCUT2D eigenvalue weighted by Crippen LogP contribution is 2.35. The van der Waals surface area contributed by atoms with Crippen LogP contribution in [0.5, 0.6) is 0 Å². The summed E-state index contributed by atoms with van der Waals surface area (Å²) in [6.07, 6.45) is -1.68. The summed E-state index contributed by atoms with van der Waals surface area (Å²) in [7, 11) is 3.05. The fourth-order valence-corrected chi connectivity index (χ4v) is 3.01. The van der Waals surface area contributed by atoms with Crippen LogP contribution in [0.4, 0.5) is 0 Å². The molecule has 2 aliphatic rings. The maximum Gasteiger partial charge on any atom is 0.338 e. The Morgan fingerprint density at radius 2 is 1.84 bits per heavy atom. The van der Waals surface area contributed by atoms with Crippen LogP contribution in [0.15, 0.2) is 35.5 Å². The Kier molecular flexibility index (Phi) is 5.98. The third kappa shape index (κ3) is 3.82. The number of ether oxygens (including phenoxy) is 5. The summed E-state index contributed by atoms with van der Waals surface area (Å²) < 4.78 is 27.1. The molecule has 0 unspecified atom stereocenters. The van der Waals surface area contributed by atoms with E-state index in [4.69, 9.17) is 28.5 Å². The van der Waals surface area contributed by atoms with Crippen molar-refractivity contribution >= 4 is 11.7 Å². The quantitative estimate of drug-likeness (QED) is 0.514. The van der Waals surface area contributed by atoms with Crippen LogP contribution in [0.1, 0.15) is 10.4 Å². The fourth-order valence-electron chi connectivity index (χ4n) is 3.01. The molecular weight excluding hydrogens is 330 g/mol. The number of carbonyl (C=O) groups excluding carboxylic acids is 1. The minimum atomic E-state index is -0.592. The Morgan fingerprint density at radius 1 is 1.12 bits per heavy atom. The summed E-state index contributed by atoms with van der Waals surface area (Å²) in [5, 5.41) is 4.04. The molecule has 0 radical (unpaired) electrons. The minimum Gasteiger partial charge on any atom is -0.455 e. The molecule has 0 N–H and O–H groups in total. The Balaban J connectivity index is 1.79. The molecule has 0 saturated heterocycles. The molecular formula is C17H21NO7. The Morgan fingerprint density at radius 3 is 2.56 bits per heavy atom. The van der Waals surface area contributed by atoms with Crippen LogP contribution in [-0.4, -0.2) is 64.4 Å². The molecule has 1 heterocycles. The summed E-state index contributed by atoms with van der Waals surface area (Å²) in [4.78, 5) is 17.7. The van der Waals surface area contributed by atoms with E-state index in [0.29, 0.717) is 17.9 Å². The van der Waals surface area contributed by atoms with E-state index in [1.165, 1.54) is 14.2 Å². The maximum absolute atomic E-state index is 12.5. The van der Waals surface area contributed by atoms with Gasteiger partial charge in [-0.3, -0.25) is 0 Å². The zero-order valence-electron chi connectivity index (χ0n) is 14.1. The molecule has 4 atom stereocenters. The van der Waals surface area contributed by atoms with Gasteiger partial charge < -0.3 is 28.5 Å². The third-order valence-electron chi connectivity index (χ3n) is 4.11. The molecule has 8 heteroatoms. The van der Waals surface area contributed by atoms with Gasteiger partial charge in [0.1, 0.15) is 38.5 Å². The molecule has 1 aliphatic carbocycles. The van der Waals surface area contributed by atoms with Crippen LogP contribution in [-0.2, 0) is 28.5 Å². The normalized spacial score (nSPS) is 27.5. The molecule has 8 nitrogen and oxygen atoms in total. The van der Waals surface area contributed by atoms with Gasteiger partial charge in [0.2, 0.25) is 0 Å². The van der Waals surface area contributed by atoms with E-state index >= 15 is 0 Å². The Labute approximate surface area is 145 Å². The summed E-state index contributed by atoms with van der Waals surface area (Å²) in [6.45, 7) is 0.405. The topological polar surface area (TPSA) is 84.8 Å². The SMILES string of the molecule is COCO[C@H]1[C@H](OC(=O)c2ccccc2)[C@H]2CON=C2[C@@H]1OCOC. The van der Waals surface area contributed by atoms with Gasteiger partial charge >= 0.3 is 5.97 Å². The molecule has 136 valence electrons. The Bertz CT molecular complexity index is 606.